The molecule has 0 fully saturated rings. The second-order valence-corrected chi connectivity index (χ2v) is 11.5. The van der Waals surface area contributed by atoms with Gasteiger partial charge in [-0.15, -0.1) is 0 Å². The lowest BCUT2D eigenvalue weighted by Crippen LogP contribution is -2.31. The Morgan fingerprint density at radius 2 is 1.51 bits per heavy atom. The molecule has 9 nitrogen and oxygen atoms in total. The number of primary amides is 1. The fourth-order valence-corrected chi connectivity index (χ4v) is 5.33. The quantitative estimate of drug-likeness (QED) is 0.108. The lowest BCUT2D eigenvalue weighted by molar-refractivity contribution is -0.117. The normalized spacial score (nSPS) is 12.8. The first-order valence-corrected chi connectivity index (χ1v) is 15.4. The van der Waals surface area contributed by atoms with Crippen LogP contribution >= 0.6 is 0 Å². The maximum Gasteiger partial charge on any atom is 0.343 e. The number of benzene rings is 4. The summed E-state index contributed by atoms with van der Waals surface area (Å²) in [6.45, 7) is 3.90. The predicted octanol–water partition coefficient (Wildman–Crippen LogP) is 5.75. The Kier molecular flexibility index (Phi) is 12.0. The monoisotopic (exact) mass is 636 g/mol. The third-order valence-electron chi connectivity index (χ3n) is 7.90. The summed E-state index contributed by atoms with van der Waals surface area (Å²) >= 11 is 0. The van der Waals surface area contributed by atoms with Crippen molar-refractivity contribution in [3.63, 3.8) is 0 Å². The van der Waals surface area contributed by atoms with E-state index >= 15 is 0 Å². The Bertz CT molecular complexity index is 1860. The molecular formula is C38H40N2O7. The number of hydrogen-bond donors (Lipinski definition) is 5. The first-order valence-electron chi connectivity index (χ1n) is 15.4. The van der Waals surface area contributed by atoms with Crippen molar-refractivity contribution in [1.29, 1.82) is 0 Å². The number of Topliss-reactive ketones (excluding diaryl/α,β-unsaturated/α-hetero) is 1. The Morgan fingerprint density at radius 1 is 0.872 bits per heavy atom. The van der Waals surface area contributed by atoms with Crippen LogP contribution in [0.15, 0.2) is 112 Å². The number of nitrogens with two attached hydrogens (primary N) is 1. The van der Waals surface area contributed by atoms with Gasteiger partial charge in [-0.25, -0.2) is 4.79 Å². The molecule has 0 saturated heterocycles. The van der Waals surface area contributed by atoms with Crippen LogP contribution in [0.2, 0.25) is 0 Å². The summed E-state index contributed by atoms with van der Waals surface area (Å²) in [7, 11) is 0. The number of carbonyl (C=O) groups is 2. The van der Waals surface area contributed by atoms with Crippen molar-refractivity contribution in [3.05, 3.63) is 141 Å². The average Bonchev–Trinajstić information content (AvgIpc) is 3.07. The van der Waals surface area contributed by atoms with Gasteiger partial charge in [0.1, 0.15) is 22.9 Å². The highest BCUT2D eigenvalue weighted by molar-refractivity contribution is 5.95. The molecular weight excluding hydrogens is 596 g/mol. The molecule has 9 heteroatoms. The third-order valence-corrected chi connectivity index (χ3v) is 7.90. The largest absolute Gasteiger partial charge is 0.507 e. The molecule has 5 rings (SSSR count). The Labute approximate surface area is 273 Å². The van der Waals surface area contributed by atoms with Crippen LogP contribution < -0.4 is 16.7 Å². The van der Waals surface area contributed by atoms with Crippen molar-refractivity contribution < 1.29 is 29.3 Å². The highest BCUT2D eigenvalue weighted by Gasteiger charge is 2.25. The van der Waals surface area contributed by atoms with Gasteiger partial charge in [-0.3, -0.25) is 9.59 Å². The zero-order valence-electron chi connectivity index (χ0n) is 26.4. The van der Waals surface area contributed by atoms with Gasteiger partial charge >= 0.3 is 5.63 Å². The van der Waals surface area contributed by atoms with Crippen LogP contribution in [-0.2, 0) is 11.2 Å². The van der Waals surface area contributed by atoms with Crippen LogP contribution in [0.3, 0.4) is 0 Å². The van der Waals surface area contributed by atoms with Gasteiger partial charge in [0, 0.05) is 24.9 Å². The summed E-state index contributed by atoms with van der Waals surface area (Å²) in [5, 5.41) is 34.2. The van der Waals surface area contributed by atoms with E-state index in [1.807, 2.05) is 48.5 Å². The number of amides is 1. The molecule has 0 aliphatic carbocycles. The van der Waals surface area contributed by atoms with E-state index in [0.717, 1.165) is 18.4 Å². The minimum absolute atomic E-state index is 0.0173. The zero-order valence-corrected chi connectivity index (χ0v) is 26.4. The van der Waals surface area contributed by atoms with Gasteiger partial charge in [0.25, 0.3) is 5.91 Å². The van der Waals surface area contributed by atoms with Crippen molar-refractivity contribution >= 4 is 22.7 Å². The molecule has 0 aliphatic heterocycles. The topological polar surface area (TPSA) is 163 Å². The van der Waals surface area contributed by atoms with Crippen LogP contribution in [0.25, 0.3) is 11.0 Å². The van der Waals surface area contributed by atoms with Crippen molar-refractivity contribution in [1.82, 2.24) is 5.32 Å². The number of fused-ring (bicyclic) bond motifs is 1. The summed E-state index contributed by atoms with van der Waals surface area (Å²) in [6.07, 6.45) is 1.28. The summed E-state index contributed by atoms with van der Waals surface area (Å²) in [6, 6.07) is 30.9. The molecule has 0 saturated carbocycles. The Morgan fingerprint density at radius 3 is 2.17 bits per heavy atom. The Balaban J connectivity index is 0.000000213. The SMILES string of the molecule is CC(=O)CC(c1ccccc1)c1c(O)c2ccccc2oc1=O.CC(CCc1ccccc1)NCC(O)c1ccc(O)c(C(N)=O)c1. The molecule has 244 valence electrons. The van der Waals surface area contributed by atoms with Crippen molar-refractivity contribution in [3.8, 4) is 11.5 Å². The maximum absolute atomic E-state index is 12.4. The van der Waals surface area contributed by atoms with Crippen LogP contribution in [0.1, 0.15) is 71.3 Å². The van der Waals surface area contributed by atoms with E-state index in [0.29, 0.717) is 23.1 Å². The number of hydrogen-bond acceptors (Lipinski definition) is 8. The molecule has 1 aromatic heterocycles. The molecule has 5 aromatic rings. The predicted molar refractivity (Wildman–Crippen MR) is 182 cm³/mol. The molecule has 6 N–H and O–H groups in total. The van der Waals surface area contributed by atoms with Gasteiger partial charge < -0.3 is 30.8 Å². The third kappa shape index (κ3) is 9.38. The number of phenols is 1. The van der Waals surface area contributed by atoms with Crippen LogP contribution in [0.4, 0.5) is 0 Å². The van der Waals surface area contributed by atoms with Gasteiger partial charge in [0.2, 0.25) is 0 Å². The number of rotatable bonds is 12. The lowest BCUT2D eigenvalue weighted by Gasteiger charge is -2.18. The summed E-state index contributed by atoms with van der Waals surface area (Å²) in [4.78, 5) is 35.3. The average molecular weight is 637 g/mol. The Hall–Kier alpha value is -5.25. The fraction of sp³-hybridized carbons (Fsp3) is 0.237. The second-order valence-electron chi connectivity index (χ2n) is 11.5. The highest BCUT2D eigenvalue weighted by Crippen LogP contribution is 2.36. The van der Waals surface area contributed by atoms with E-state index in [4.69, 9.17) is 10.2 Å². The molecule has 0 bridgehead atoms. The van der Waals surface area contributed by atoms with Crippen LogP contribution in [-0.4, -0.2) is 39.6 Å². The number of aliphatic hydroxyl groups excluding tert-OH is 1. The van der Waals surface area contributed by atoms with Crippen molar-refractivity contribution in [2.45, 2.75) is 51.2 Å². The number of aryl methyl sites for hydroxylation is 1. The van der Waals surface area contributed by atoms with Gasteiger partial charge in [-0.2, -0.15) is 0 Å². The molecule has 0 spiro atoms. The standard InChI is InChI=1S/C19H24N2O3.C19H16O4/c1-13(7-8-14-5-3-2-4-6-14)21-12-18(23)15-9-10-17(22)16(11-15)19(20)24;1-12(20)11-15(13-7-3-2-4-8-13)17-18(21)14-9-5-6-10-16(14)23-19(17)22/h2-6,9-11,13,18,21-23H,7-8,12H2,1H3,(H2,20,24);2-10,15,21H,11H2,1H3. The number of ketones is 1. The van der Waals surface area contributed by atoms with E-state index < -0.39 is 23.6 Å². The van der Waals surface area contributed by atoms with E-state index in [2.05, 4.69) is 24.4 Å². The maximum atomic E-state index is 12.4. The molecule has 1 heterocycles. The van der Waals surface area contributed by atoms with E-state index in [1.165, 1.54) is 24.6 Å². The summed E-state index contributed by atoms with van der Waals surface area (Å²) < 4.78 is 5.33. The molecule has 0 aliphatic rings. The fourth-order valence-electron chi connectivity index (χ4n) is 5.33. The molecule has 3 atom stereocenters. The van der Waals surface area contributed by atoms with Gasteiger partial charge in [-0.1, -0.05) is 78.9 Å². The number of para-hydroxylation sites is 1. The van der Waals surface area contributed by atoms with E-state index in [-0.39, 0.29) is 40.9 Å². The van der Waals surface area contributed by atoms with Crippen LogP contribution in [0, 0.1) is 0 Å². The minimum atomic E-state index is -0.775. The van der Waals surface area contributed by atoms with Gasteiger partial charge in [-0.05, 0) is 67.6 Å². The number of aliphatic hydroxyl groups is 1. The molecule has 1 amide bonds. The minimum Gasteiger partial charge on any atom is -0.507 e. The smallest absolute Gasteiger partial charge is 0.343 e. The van der Waals surface area contributed by atoms with Crippen molar-refractivity contribution in [2.75, 3.05) is 6.54 Å². The zero-order chi connectivity index (χ0) is 33.9. The number of nitrogens with one attached hydrogen (secondary N) is 1. The molecule has 3 unspecified atom stereocenters. The van der Waals surface area contributed by atoms with E-state index in [1.54, 1.807) is 30.3 Å². The lowest BCUT2D eigenvalue weighted by atomic mass is 9.87. The second kappa shape index (κ2) is 16.4. The number of aromatic hydroxyl groups is 2. The first-order chi connectivity index (χ1) is 22.5. The first kappa shape index (κ1) is 34.6. The summed E-state index contributed by atoms with van der Waals surface area (Å²) in [5.74, 6) is -1.61. The van der Waals surface area contributed by atoms with Crippen molar-refractivity contribution in [2.24, 2.45) is 5.73 Å². The highest BCUT2D eigenvalue weighted by atomic mass is 16.4. The van der Waals surface area contributed by atoms with Gasteiger partial charge in [0.05, 0.1) is 22.6 Å². The number of carbonyl (C=O) groups excluding carboxylic acids is 2. The molecule has 4 aromatic carbocycles. The molecule has 0 radical (unpaired) electrons. The van der Waals surface area contributed by atoms with Gasteiger partial charge in [0.15, 0.2) is 0 Å². The van der Waals surface area contributed by atoms with Crippen LogP contribution in [0.5, 0.6) is 11.5 Å². The van der Waals surface area contributed by atoms with E-state index in [9.17, 15) is 29.7 Å². The molecule has 47 heavy (non-hydrogen) atoms. The summed E-state index contributed by atoms with van der Waals surface area (Å²) in [5.41, 5.74) is 7.69.